The zero-order valence-electron chi connectivity index (χ0n) is 16.4. The molecular weight excluding hydrogens is 392 g/mol. The fraction of sp³-hybridized carbons (Fsp3) is 0.526. The van der Waals surface area contributed by atoms with Crippen molar-refractivity contribution in [3.8, 4) is 11.4 Å². The van der Waals surface area contributed by atoms with Crippen molar-refractivity contribution in [3.63, 3.8) is 0 Å². The van der Waals surface area contributed by atoms with Gasteiger partial charge in [-0.3, -0.25) is 14.3 Å². The standard InChI is InChI=1S/C19H24N6O3S/c1-2-28-19(27)24-10-8-23(9-11-24)16(26)13-29-18-22-21-17(25(18)15-5-6-15)14-4-3-7-20-12-14/h3-4,7,12,15H,2,5-6,8-11,13H2,1H3. The molecule has 10 heteroatoms. The van der Waals surface area contributed by atoms with Gasteiger partial charge in [-0.1, -0.05) is 11.8 Å². The lowest BCUT2D eigenvalue weighted by molar-refractivity contribution is -0.129. The Balaban J connectivity index is 1.36. The van der Waals surface area contributed by atoms with Crippen LogP contribution in [-0.4, -0.2) is 80.1 Å². The Hall–Kier alpha value is -2.62. The topological polar surface area (TPSA) is 93.4 Å². The molecule has 154 valence electrons. The van der Waals surface area contributed by atoms with Gasteiger partial charge in [-0.15, -0.1) is 10.2 Å². The number of thioether (sulfide) groups is 1. The number of hydrogen-bond donors (Lipinski definition) is 0. The Labute approximate surface area is 173 Å². The highest BCUT2D eigenvalue weighted by molar-refractivity contribution is 7.99. The maximum absolute atomic E-state index is 12.7. The molecular formula is C19H24N6O3S. The van der Waals surface area contributed by atoms with Crippen LogP contribution in [0.2, 0.25) is 0 Å². The number of pyridine rings is 1. The van der Waals surface area contributed by atoms with E-state index in [2.05, 4.69) is 19.7 Å². The normalized spacial score (nSPS) is 16.7. The second-order valence-corrected chi connectivity index (χ2v) is 7.95. The molecule has 0 N–H and O–H groups in total. The Morgan fingerprint density at radius 3 is 2.59 bits per heavy atom. The molecule has 1 saturated carbocycles. The molecule has 2 aliphatic rings. The van der Waals surface area contributed by atoms with E-state index in [-0.39, 0.29) is 12.0 Å². The molecule has 2 fully saturated rings. The minimum Gasteiger partial charge on any atom is -0.450 e. The Bertz CT molecular complexity index is 862. The first-order valence-corrected chi connectivity index (χ1v) is 10.8. The summed E-state index contributed by atoms with van der Waals surface area (Å²) in [6.07, 6.45) is 5.41. The number of piperazine rings is 1. The highest BCUT2D eigenvalue weighted by atomic mass is 32.2. The van der Waals surface area contributed by atoms with Gasteiger partial charge in [0.15, 0.2) is 11.0 Å². The number of rotatable bonds is 6. The summed E-state index contributed by atoms with van der Waals surface area (Å²) in [6.45, 7) is 4.19. The van der Waals surface area contributed by atoms with Crippen molar-refractivity contribution >= 4 is 23.8 Å². The van der Waals surface area contributed by atoms with Crippen molar-refractivity contribution in [1.29, 1.82) is 0 Å². The zero-order valence-corrected chi connectivity index (χ0v) is 17.2. The van der Waals surface area contributed by atoms with Crippen LogP contribution in [0.3, 0.4) is 0 Å². The van der Waals surface area contributed by atoms with Gasteiger partial charge in [0.1, 0.15) is 0 Å². The third-order valence-electron chi connectivity index (χ3n) is 4.98. The summed E-state index contributed by atoms with van der Waals surface area (Å²) in [5.41, 5.74) is 0.931. The van der Waals surface area contributed by atoms with Gasteiger partial charge in [-0.25, -0.2) is 4.79 Å². The van der Waals surface area contributed by atoms with Crippen molar-refractivity contribution in [2.75, 3.05) is 38.5 Å². The fourth-order valence-electron chi connectivity index (χ4n) is 3.30. The van der Waals surface area contributed by atoms with Gasteiger partial charge in [0.2, 0.25) is 5.91 Å². The summed E-state index contributed by atoms with van der Waals surface area (Å²) >= 11 is 1.42. The number of amides is 2. The first-order chi connectivity index (χ1) is 14.2. The van der Waals surface area contributed by atoms with Gasteiger partial charge in [0.05, 0.1) is 12.4 Å². The van der Waals surface area contributed by atoms with Crippen molar-refractivity contribution in [2.45, 2.75) is 31.0 Å². The van der Waals surface area contributed by atoms with Gasteiger partial charge in [0.25, 0.3) is 0 Å². The predicted molar refractivity (Wildman–Crippen MR) is 107 cm³/mol. The highest BCUT2D eigenvalue weighted by Gasteiger charge is 2.31. The molecule has 1 aliphatic heterocycles. The lowest BCUT2D eigenvalue weighted by atomic mass is 10.3. The third kappa shape index (κ3) is 4.52. The van der Waals surface area contributed by atoms with Crippen molar-refractivity contribution in [1.82, 2.24) is 29.5 Å². The second kappa shape index (κ2) is 8.81. The largest absolute Gasteiger partial charge is 0.450 e. The van der Waals surface area contributed by atoms with Crippen LogP contribution < -0.4 is 0 Å². The number of nitrogens with zero attached hydrogens (tertiary/aromatic N) is 6. The Kier molecular flexibility index (Phi) is 5.98. The molecule has 0 atom stereocenters. The van der Waals surface area contributed by atoms with Crippen molar-refractivity contribution in [2.24, 2.45) is 0 Å². The molecule has 2 aromatic rings. The van der Waals surface area contributed by atoms with Crippen LogP contribution in [0.5, 0.6) is 0 Å². The third-order valence-corrected chi connectivity index (χ3v) is 5.91. The van der Waals surface area contributed by atoms with Crippen molar-refractivity contribution < 1.29 is 14.3 Å². The maximum Gasteiger partial charge on any atom is 0.409 e. The first kappa shape index (κ1) is 19.7. The monoisotopic (exact) mass is 416 g/mol. The maximum atomic E-state index is 12.7. The molecule has 3 heterocycles. The molecule has 0 spiro atoms. The molecule has 2 amide bonds. The van der Waals surface area contributed by atoms with Crippen LogP contribution in [0.25, 0.3) is 11.4 Å². The molecule has 29 heavy (non-hydrogen) atoms. The molecule has 9 nitrogen and oxygen atoms in total. The van der Waals surface area contributed by atoms with E-state index in [0.29, 0.717) is 44.6 Å². The number of hydrogen-bond acceptors (Lipinski definition) is 7. The van der Waals surface area contributed by atoms with Crippen LogP contribution in [-0.2, 0) is 9.53 Å². The Morgan fingerprint density at radius 1 is 1.17 bits per heavy atom. The van der Waals surface area contributed by atoms with E-state index in [4.69, 9.17) is 4.74 Å². The molecule has 4 rings (SSSR count). The van der Waals surface area contributed by atoms with Crippen LogP contribution >= 0.6 is 11.8 Å². The van der Waals surface area contributed by atoms with E-state index in [1.54, 1.807) is 29.1 Å². The fourth-order valence-corrected chi connectivity index (χ4v) is 4.21. The highest BCUT2D eigenvalue weighted by Crippen LogP contribution is 2.40. The lowest BCUT2D eigenvalue weighted by Gasteiger charge is -2.34. The smallest absolute Gasteiger partial charge is 0.409 e. The van der Waals surface area contributed by atoms with Gasteiger partial charge < -0.3 is 14.5 Å². The van der Waals surface area contributed by atoms with Crippen LogP contribution in [0.1, 0.15) is 25.8 Å². The van der Waals surface area contributed by atoms with E-state index >= 15 is 0 Å². The van der Waals surface area contributed by atoms with Gasteiger partial charge in [-0.05, 0) is 31.9 Å². The summed E-state index contributed by atoms with van der Waals surface area (Å²) in [5.74, 6) is 1.16. The molecule has 0 unspecified atom stereocenters. The summed E-state index contributed by atoms with van der Waals surface area (Å²) in [4.78, 5) is 32.0. The molecule has 0 aromatic carbocycles. The summed E-state index contributed by atoms with van der Waals surface area (Å²) in [5, 5.41) is 9.46. The van der Waals surface area contributed by atoms with Crippen LogP contribution in [0.4, 0.5) is 4.79 Å². The van der Waals surface area contributed by atoms with Crippen LogP contribution in [0.15, 0.2) is 29.7 Å². The summed E-state index contributed by atoms with van der Waals surface area (Å²) < 4.78 is 7.15. The van der Waals surface area contributed by atoms with Gasteiger partial charge >= 0.3 is 6.09 Å². The van der Waals surface area contributed by atoms with E-state index in [9.17, 15) is 9.59 Å². The Morgan fingerprint density at radius 2 is 1.93 bits per heavy atom. The summed E-state index contributed by atoms with van der Waals surface area (Å²) in [6, 6.07) is 4.25. The predicted octanol–water partition coefficient (Wildman–Crippen LogP) is 2.07. The van der Waals surface area contributed by atoms with E-state index < -0.39 is 0 Å². The molecule has 1 saturated heterocycles. The van der Waals surface area contributed by atoms with Gasteiger partial charge in [-0.2, -0.15) is 0 Å². The van der Waals surface area contributed by atoms with E-state index in [1.807, 2.05) is 12.1 Å². The van der Waals surface area contributed by atoms with E-state index in [0.717, 1.165) is 29.4 Å². The van der Waals surface area contributed by atoms with Crippen LogP contribution in [0, 0.1) is 0 Å². The molecule has 1 aliphatic carbocycles. The number of ether oxygens (including phenoxy) is 1. The van der Waals surface area contributed by atoms with E-state index in [1.165, 1.54) is 11.8 Å². The summed E-state index contributed by atoms with van der Waals surface area (Å²) in [7, 11) is 0. The zero-order chi connectivity index (χ0) is 20.2. The average molecular weight is 417 g/mol. The van der Waals surface area contributed by atoms with Gasteiger partial charge in [0, 0.05) is 50.2 Å². The minimum atomic E-state index is -0.311. The SMILES string of the molecule is CCOC(=O)N1CCN(C(=O)CSc2nnc(-c3cccnc3)n2C2CC2)CC1. The quantitative estimate of drug-likeness (QED) is 0.666. The lowest BCUT2D eigenvalue weighted by Crippen LogP contribution is -2.51. The molecule has 2 aromatic heterocycles. The average Bonchev–Trinajstić information content (AvgIpc) is 3.51. The molecule has 0 radical (unpaired) electrons. The van der Waals surface area contributed by atoms with Crippen molar-refractivity contribution in [3.05, 3.63) is 24.5 Å². The number of carbonyl (C=O) groups excluding carboxylic acids is 2. The minimum absolute atomic E-state index is 0.0479. The second-order valence-electron chi connectivity index (χ2n) is 7.00. The number of carbonyl (C=O) groups is 2. The molecule has 0 bridgehead atoms. The first-order valence-electron chi connectivity index (χ1n) is 9.85. The number of aromatic nitrogens is 4.